The van der Waals surface area contributed by atoms with Crippen molar-refractivity contribution in [1.29, 1.82) is 0 Å². The van der Waals surface area contributed by atoms with Gasteiger partial charge in [0, 0.05) is 16.2 Å². The number of nitrogens with one attached hydrogen (secondary N) is 1. The second-order valence-corrected chi connectivity index (χ2v) is 12.0. The standard InChI is InChI=1S/C32H33F4NO5/c1-18-12-21-13-19(2)15-31(14-18,16-21)28(30(39)40)37-29(38)25-11-10-23-24(4-3-5-26(23)33)27(25)41-17-20-6-8-22(9-7-20)42-32(34,35)36/h3-11,18-19,21,28H,12-17H2,1-2H3,(H,37,38)(H,39,40). The minimum atomic E-state index is -4.83. The Bertz CT molecular complexity index is 1450. The van der Waals surface area contributed by atoms with Gasteiger partial charge in [0.25, 0.3) is 5.91 Å². The number of benzene rings is 3. The Labute approximate surface area is 241 Å². The molecular formula is C32H33F4NO5. The quantitative estimate of drug-likeness (QED) is 0.267. The number of carbonyl (C=O) groups excluding carboxylic acids is 1. The lowest BCUT2D eigenvalue weighted by atomic mass is 9.54. The van der Waals surface area contributed by atoms with Crippen molar-refractivity contribution in [3.63, 3.8) is 0 Å². The van der Waals surface area contributed by atoms with Crippen LogP contribution in [0.3, 0.4) is 0 Å². The van der Waals surface area contributed by atoms with Gasteiger partial charge in [-0.05, 0) is 79.7 Å². The Balaban J connectivity index is 1.45. The first-order valence-corrected chi connectivity index (χ1v) is 14.1. The van der Waals surface area contributed by atoms with E-state index in [0.717, 1.165) is 31.4 Å². The number of hydrogen-bond acceptors (Lipinski definition) is 4. The van der Waals surface area contributed by atoms with E-state index in [1.54, 1.807) is 6.07 Å². The number of halogens is 4. The summed E-state index contributed by atoms with van der Waals surface area (Å²) in [6, 6.07) is 11.1. The number of carbonyl (C=O) groups is 2. The lowest BCUT2D eigenvalue weighted by molar-refractivity contribution is -0.274. The fourth-order valence-electron chi connectivity index (χ4n) is 7.39. The summed E-state index contributed by atoms with van der Waals surface area (Å²) in [5.41, 5.74) is -0.0619. The topological polar surface area (TPSA) is 84.9 Å². The first-order valence-electron chi connectivity index (χ1n) is 14.1. The molecule has 2 aliphatic carbocycles. The predicted molar refractivity (Wildman–Crippen MR) is 148 cm³/mol. The average molecular weight is 588 g/mol. The van der Waals surface area contributed by atoms with Crippen LogP contribution in [0.1, 0.15) is 61.9 Å². The maximum absolute atomic E-state index is 14.7. The summed E-state index contributed by atoms with van der Waals surface area (Å²) in [6.45, 7) is 4.11. The summed E-state index contributed by atoms with van der Waals surface area (Å²) < 4.78 is 62.2. The smallest absolute Gasteiger partial charge is 0.487 e. The molecule has 0 aromatic heterocycles. The maximum Gasteiger partial charge on any atom is 0.573 e. The highest BCUT2D eigenvalue weighted by atomic mass is 19.4. The molecule has 0 heterocycles. The van der Waals surface area contributed by atoms with Gasteiger partial charge < -0.3 is 19.9 Å². The molecule has 2 fully saturated rings. The van der Waals surface area contributed by atoms with Gasteiger partial charge in [-0.3, -0.25) is 4.79 Å². The molecule has 0 radical (unpaired) electrons. The minimum absolute atomic E-state index is 0.0389. The van der Waals surface area contributed by atoms with E-state index < -0.39 is 41.3 Å². The second kappa shape index (κ2) is 11.5. The molecule has 3 aromatic carbocycles. The van der Waals surface area contributed by atoms with Crippen molar-refractivity contribution in [2.45, 2.75) is 65.0 Å². The molecule has 224 valence electrons. The van der Waals surface area contributed by atoms with Crippen molar-refractivity contribution in [2.24, 2.45) is 23.2 Å². The number of alkyl halides is 3. The Hall–Kier alpha value is -3.82. The van der Waals surface area contributed by atoms with Crippen LogP contribution in [0, 0.1) is 29.0 Å². The van der Waals surface area contributed by atoms with E-state index in [0.29, 0.717) is 41.5 Å². The van der Waals surface area contributed by atoms with E-state index in [1.165, 1.54) is 36.4 Å². The Kier molecular flexibility index (Phi) is 8.09. The van der Waals surface area contributed by atoms with Crippen molar-refractivity contribution in [3.05, 3.63) is 71.5 Å². The fraction of sp³-hybridized carbons (Fsp3) is 0.438. The molecule has 2 bridgehead atoms. The van der Waals surface area contributed by atoms with Crippen LogP contribution in [0.15, 0.2) is 54.6 Å². The number of ether oxygens (including phenoxy) is 2. The zero-order chi connectivity index (χ0) is 30.2. The van der Waals surface area contributed by atoms with Crippen LogP contribution in [-0.2, 0) is 11.4 Å². The molecule has 2 saturated carbocycles. The first kappa shape index (κ1) is 29.7. The molecule has 10 heteroatoms. The molecule has 5 rings (SSSR count). The summed E-state index contributed by atoms with van der Waals surface area (Å²) in [6.07, 6.45) is -0.600. The summed E-state index contributed by atoms with van der Waals surface area (Å²) in [7, 11) is 0. The molecule has 3 atom stereocenters. The van der Waals surface area contributed by atoms with Crippen molar-refractivity contribution in [1.82, 2.24) is 5.32 Å². The highest BCUT2D eigenvalue weighted by Gasteiger charge is 2.52. The van der Waals surface area contributed by atoms with Crippen LogP contribution in [0.2, 0.25) is 0 Å². The number of carboxylic acid groups (broad SMARTS) is 1. The van der Waals surface area contributed by atoms with Crippen LogP contribution in [0.5, 0.6) is 11.5 Å². The normalized spacial score (nSPS) is 24.6. The minimum Gasteiger partial charge on any atom is -0.487 e. The molecule has 2 aliphatic rings. The van der Waals surface area contributed by atoms with E-state index in [-0.39, 0.29) is 23.3 Å². The summed E-state index contributed by atoms with van der Waals surface area (Å²) in [4.78, 5) is 26.5. The van der Waals surface area contributed by atoms with Crippen LogP contribution in [0.4, 0.5) is 17.6 Å². The SMILES string of the molecule is CC1CC2CC(C)CC(C(NC(=O)c3ccc4c(F)cccc4c3OCc3ccc(OC(F)(F)F)cc3)C(=O)O)(C1)C2. The molecular weight excluding hydrogens is 554 g/mol. The summed E-state index contributed by atoms with van der Waals surface area (Å²) >= 11 is 0. The van der Waals surface area contributed by atoms with Gasteiger partial charge in [0.05, 0.1) is 5.56 Å². The number of fused-ring (bicyclic) bond motifs is 3. The summed E-state index contributed by atoms with van der Waals surface area (Å²) in [5, 5.41) is 13.7. The molecule has 0 spiro atoms. The van der Waals surface area contributed by atoms with E-state index in [1.807, 2.05) is 0 Å². The van der Waals surface area contributed by atoms with Crippen molar-refractivity contribution < 1.29 is 41.7 Å². The van der Waals surface area contributed by atoms with Crippen LogP contribution < -0.4 is 14.8 Å². The number of aliphatic carboxylic acids is 1. The van der Waals surface area contributed by atoms with E-state index in [4.69, 9.17) is 4.74 Å². The molecule has 2 N–H and O–H groups in total. The predicted octanol–water partition coefficient (Wildman–Crippen LogP) is 7.49. The molecule has 42 heavy (non-hydrogen) atoms. The monoisotopic (exact) mass is 587 g/mol. The van der Waals surface area contributed by atoms with Crippen LogP contribution in [-0.4, -0.2) is 29.4 Å². The third-order valence-electron chi connectivity index (χ3n) is 8.55. The van der Waals surface area contributed by atoms with Gasteiger partial charge in [0.1, 0.15) is 30.0 Å². The lowest BCUT2D eigenvalue weighted by Crippen LogP contribution is -2.57. The van der Waals surface area contributed by atoms with Gasteiger partial charge in [-0.25, -0.2) is 9.18 Å². The van der Waals surface area contributed by atoms with Gasteiger partial charge in [-0.1, -0.05) is 44.2 Å². The Morgan fingerprint density at radius 3 is 2.26 bits per heavy atom. The van der Waals surface area contributed by atoms with Gasteiger partial charge in [0.2, 0.25) is 0 Å². The number of carboxylic acids is 1. The van der Waals surface area contributed by atoms with Crippen molar-refractivity contribution >= 4 is 22.6 Å². The lowest BCUT2D eigenvalue weighted by Gasteiger charge is -2.52. The molecule has 3 unspecified atom stereocenters. The number of amides is 1. The highest BCUT2D eigenvalue weighted by molar-refractivity contribution is 6.05. The zero-order valence-corrected chi connectivity index (χ0v) is 23.3. The van der Waals surface area contributed by atoms with E-state index in [2.05, 4.69) is 23.9 Å². The number of rotatable bonds is 8. The Morgan fingerprint density at radius 2 is 1.64 bits per heavy atom. The van der Waals surface area contributed by atoms with Crippen LogP contribution >= 0.6 is 0 Å². The Morgan fingerprint density at radius 1 is 0.976 bits per heavy atom. The van der Waals surface area contributed by atoms with Crippen molar-refractivity contribution in [3.8, 4) is 11.5 Å². The fourth-order valence-corrected chi connectivity index (χ4v) is 7.39. The maximum atomic E-state index is 14.7. The number of hydrogen-bond donors (Lipinski definition) is 2. The van der Waals surface area contributed by atoms with Gasteiger partial charge in [-0.2, -0.15) is 0 Å². The van der Waals surface area contributed by atoms with Gasteiger partial charge in [0.15, 0.2) is 0 Å². The van der Waals surface area contributed by atoms with Gasteiger partial charge in [-0.15, -0.1) is 13.2 Å². The molecule has 0 saturated heterocycles. The molecule has 3 aromatic rings. The third kappa shape index (κ3) is 6.32. The third-order valence-corrected chi connectivity index (χ3v) is 8.55. The largest absolute Gasteiger partial charge is 0.573 e. The van der Waals surface area contributed by atoms with Crippen molar-refractivity contribution in [2.75, 3.05) is 0 Å². The van der Waals surface area contributed by atoms with Gasteiger partial charge >= 0.3 is 12.3 Å². The summed E-state index contributed by atoms with van der Waals surface area (Å²) in [5.74, 6) is -1.54. The van der Waals surface area contributed by atoms with E-state index >= 15 is 0 Å². The second-order valence-electron chi connectivity index (χ2n) is 12.0. The van der Waals surface area contributed by atoms with Crippen LogP contribution in [0.25, 0.3) is 10.8 Å². The van der Waals surface area contributed by atoms with E-state index in [9.17, 15) is 32.3 Å². The molecule has 1 amide bonds. The molecule has 0 aliphatic heterocycles. The zero-order valence-electron chi connectivity index (χ0n) is 23.3. The molecule has 6 nitrogen and oxygen atoms in total. The first-order chi connectivity index (χ1) is 19.8. The average Bonchev–Trinajstić information content (AvgIpc) is 2.89. The highest BCUT2D eigenvalue weighted by Crippen LogP contribution is 2.54.